The van der Waals surface area contributed by atoms with Gasteiger partial charge in [-0.3, -0.25) is 9.59 Å². The summed E-state index contributed by atoms with van der Waals surface area (Å²) in [5.74, 6) is -1.67. The number of nitrogens with zero attached hydrogens (tertiary/aromatic N) is 1. The third kappa shape index (κ3) is 13.7. The maximum Gasteiger partial charge on any atom is 0.408 e. The van der Waals surface area contributed by atoms with E-state index in [9.17, 15) is 24.3 Å². The Labute approximate surface area is 309 Å². The molecule has 3 rings (SSSR count). The summed E-state index contributed by atoms with van der Waals surface area (Å²) < 4.78 is 11.3. The zero-order valence-electron chi connectivity index (χ0n) is 32.0. The number of alkyl carbamates (subject to hydrolysis) is 1. The maximum atomic E-state index is 14.9. The van der Waals surface area contributed by atoms with Crippen LogP contribution in [0.5, 0.6) is 5.75 Å². The van der Waals surface area contributed by atoms with Crippen LogP contribution < -0.4 is 10.6 Å². The molecule has 10 nitrogen and oxygen atoms in total. The molecule has 52 heavy (non-hydrogen) atoms. The minimum Gasteiger partial charge on any atom is -0.508 e. The average molecular weight is 716 g/mol. The molecule has 0 heterocycles. The molecule has 3 aromatic carbocycles. The van der Waals surface area contributed by atoms with Gasteiger partial charge in [-0.2, -0.15) is 0 Å². The number of hydrogen-bond donors (Lipinski definition) is 3. The molecule has 3 atom stereocenters. The van der Waals surface area contributed by atoms with Crippen LogP contribution in [0.3, 0.4) is 0 Å². The van der Waals surface area contributed by atoms with Gasteiger partial charge in [-0.05, 0) is 89.3 Å². The number of phenolic OH excluding ortho intramolecular Hbond substituents is 1. The van der Waals surface area contributed by atoms with E-state index >= 15 is 0 Å². The second-order valence-electron chi connectivity index (χ2n) is 15.2. The Kier molecular flexibility index (Phi) is 15.3. The molecular weight excluding hydrogens is 658 g/mol. The van der Waals surface area contributed by atoms with E-state index in [1.54, 1.807) is 60.6 Å². The Bertz CT molecular complexity index is 1610. The van der Waals surface area contributed by atoms with Gasteiger partial charge < -0.3 is 30.1 Å². The first-order valence-electron chi connectivity index (χ1n) is 18.2. The van der Waals surface area contributed by atoms with Crippen molar-refractivity contribution in [2.24, 2.45) is 0 Å². The summed E-state index contributed by atoms with van der Waals surface area (Å²) >= 11 is 0. The topological polar surface area (TPSA) is 134 Å². The molecule has 0 aliphatic heterocycles. The number of nitrogens with one attached hydrogen (secondary N) is 2. The average Bonchev–Trinajstić information content (AvgIpc) is 3.06. The summed E-state index contributed by atoms with van der Waals surface area (Å²) in [6.07, 6.45) is 2.82. The van der Waals surface area contributed by atoms with Gasteiger partial charge in [-0.25, -0.2) is 9.59 Å². The maximum absolute atomic E-state index is 14.9. The smallest absolute Gasteiger partial charge is 0.408 e. The number of unbranched alkanes of at least 4 members (excludes halogenated alkanes) is 3. The molecule has 0 saturated carbocycles. The standard InChI is InChI=1S/C42H57N3O7/c1-9-10-11-18-25-45(38(48)33(27-30-19-14-12-15-20-30)44-40(50)52-42(6,7)8)36(32-23-24-35(46)29(2)26-32)37(47)43-34(39(49)51-41(3,4)5)28-31-21-16-13-17-22-31/h12-17,19-24,26,33-34,36,46H,9-11,18,25,27-28H2,1-8H3,(H,43,47)(H,44,50). The van der Waals surface area contributed by atoms with E-state index in [4.69, 9.17) is 9.47 Å². The SMILES string of the molecule is CCCCCCN(C(=O)C(Cc1ccccc1)NC(=O)OC(C)(C)C)C(C(=O)NC(Cc1ccccc1)C(=O)OC(C)(C)C)c1ccc(O)c(C)c1. The first kappa shape index (κ1) is 41.6. The van der Waals surface area contributed by atoms with Crippen LogP contribution in [0.15, 0.2) is 78.9 Å². The molecule has 0 saturated heterocycles. The lowest BCUT2D eigenvalue weighted by atomic mass is 9.97. The normalized spacial score (nSPS) is 13.3. The molecule has 0 bridgehead atoms. The van der Waals surface area contributed by atoms with Crippen LogP contribution in [0, 0.1) is 6.92 Å². The Morgan fingerprint density at radius 2 is 1.29 bits per heavy atom. The van der Waals surface area contributed by atoms with E-state index in [-0.39, 0.29) is 25.1 Å². The number of phenols is 1. The summed E-state index contributed by atoms with van der Waals surface area (Å²) in [4.78, 5) is 58.0. The van der Waals surface area contributed by atoms with Crippen LogP contribution in [0.25, 0.3) is 0 Å². The predicted octanol–water partition coefficient (Wildman–Crippen LogP) is 7.36. The highest BCUT2D eigenvalue weighted by Crippen LogP contribution is 2.29. The number of ether oxygens (including phenoxy) is 2. The molecule has 0 fully saturated rings. The molecule has 282 valence electrons. The van der Waals surface area contributed by atoms with Gasteiger partial charge in [0.15, 0.2) is 0 Å². The van der Waals surface area contributed by atoms with Crippen LogP contribution in [0.4, 0.5) is 4.79 Å². The number of esters is 1. The number of carbonyl (C=O) groups excluding carboxylic acids is 4. The molecule has 0 radical (unpaired) electrons. The summed E-state index contributed by atoms with van der Waals surface area (Å²) in [6.45, 7) is 14.5. The fraction of sp³-hybridized carbons (Fsp3) is 0.476. The van der Waals surface area contributed by atoms with Crippen molar-refractivity contribution < 1.29 is 33.8 Å². The highest BCUT2D eigenvalue weighted by atomic mass is 16.6. The minimum absolute atomic E-state index is 0.0352. The highest BCUT2D eigenvalue weighted by molar-refractivity contribution is 5.94. The first-order valence-corrected chi connectivity index (χ1v) is 18.2. The molecule has 3 aromatic rings. The number of aromatic hydroxyl groups is 1. The molecule has 0 aliphatic carbocycles. The Hall–Kier alpha value is -4.86. The van der Waals surface area contributed by atoms with E-state index in [1.165, 1.54) is 11.0 Å². The Morgan fingerprint density at radius 3 is 1.81 bits per heavy atom. The van der Waals surface area contributed by atoms with E-state index < -0.39 is 53.2 Å². The van der Waals surface area contributed by atoms with E-state index in [1.807, 2.05) is 60.7 Å². The summed E-state index contributed by atoms with van der Waals surface area (Å²) in [5, 5.41) is 16.2. The third-order valence-corrected chi connectivity index (χ3v) is 8.19. The van der Waals surface area contributed by atoms with Crippen molar-refractivity contribution in [1.82, 2.24) is 15.5 Å². The fourth-order valence-corrected chi connectivity index (χ4v) is 5.76. The number of carbonyl (C=O) groups is 4. The van der Waals surface area contributed by atoms with Gasteiger partial charge in [0.1, 0.15) is 35.1 Å². The van der Waals surface area contributed by atoms with Crippen LogP contribution in [0.2, 0.25) is 0 Å². The van der Waals surface area contributed by atoms with Crippen LogP contribution in [-0.2, 0) is 36.7 Å². The van der Waals surface area contributed by atoms with Crippen LogP contribution in [0.1, 0.15) is 102 Å². The van der Waals surface area contributed by atoms with Gasteiger partial charge >= 0.3 is 12.1 Å². The molecule has 0 aliphatic rings. The molecule has 3 N–H and O–H groups in total. The zero-order valence-corrected chi connectivity index (χ0v) is 32.0. The lowest BCUT2D eigenvalue weighted by Gasteiger charge is -2.35. The number of aryl methyl sites for hydroxylation is 1. The van der Waals surface area contributed by atoms with Gasteiger partial charge in [-0.15, -0.1) is 0 Å². The van der Waals surface area contributed by atoms with Crippen LogP contribution in [-0.4, -0.2) is 63.7 Å². The van der Waals surface area contributed by atoms with Crippen molar-refractivity contribution in [3.8, 4) is 5.75 Å². The quantitative estimate of drug-likeness (QED) is 0.104. The second kappa shape index (κ2) is 19.1. The van der Waals surface area contributed by atoms with Crippen molar-refractivity contribution in [2.45, 2.75) is 123 Å². The second-order valence-corrected chi connectivity index (χ2v) is 15.2. The predicted molar refractivity (Wildman–Crippen MR) is 203 cm³/mol. The summed E-state index contributed by atoms with van der Waals surface area (Å²) in [6, 6.07) is 20.0. The molecule has 0 spiro atoms. The summed E-state index contributed by atoms with van der Waals surface area (Å²) in [5.41, 5.74) is 0.934. The minimum atomic E-state index is -1.23. The largest absolute Gasteiger partial charge is 0.508 e. The van der Waals surface area contributed by atoms with Crippen molar-refractivity contribution in [2.75, 3.05) is 6.54 Å². The Balaban J connectivity index is 2.14. The van der Waals surface area contributed by atoms with Gasteiger partial charge in [-0.1, -0.05) is 92.9 Å². The monoisotopic (exact) mass is 715 g/mol. The van der Waals surface area contributed by atoms with Crippen LogP contribution >= 0.6 is 0 Å². The molecule has 10 heteroatoms. The Morgan fingerprint density at radius 1 is 0.731 bits per heavy atom. The van der Waals surface area contributed by atoms with Crippen molar-refractivity contribution in [1.29, 1.82) is 0 Å². The number of hydrogen-bond acceptors (Lipinski definition) is 7. The van der Waals surface area contributed by atoms with Crippen molar-refractivity contribution in [3.63, 3.8) is 0 Å². The molecule has 0 aromatic heterocycles. The fourth-order valence-electron chi connectivity index (χ4n) is 5.76. The van der Waals surface area contributed by atoms with E-state index in [2.05, 4.69) is 17.6 Å². The van der Waals surface area contributed by atoms with Gasteiger partial charge in [0.2, 0.25) is 11.8 Å². The van der Waals surface area contributed by atoms with Gasteiger partial charge in [0.05, 0.1) is 0 Å². The van der Waals surface area contributed by atoms with Gasteiger partial charge in [0.25, 0.3) is 0 Å². The summed E-state index contributed by atoms with van der Waals surface area (Å²) in [7, 11) is 0. The zero-order chi connectivity index (χ0) is 38.5. The molecule has 3 unspecified atom stereocenters. The first-order chi connectivity index (χ1) is 24.5. The number of amides is 3. The number of rotatable bonds is 16. The third-order valence-electron chi connectivity index (χ3n) is 8.19. The lowest BCUT2D eigenvalue weighted by Crippen LogP contribution is -2.55. The van der Waals surface area contributed by atoms with E-state index in [0.717, 1.165) is 30.4 Å². The highest BCUT2D eigenvalue weighted by Gasteiger charge is 2.38. The lowest BCUT2D eigenvalue weighted by molar-refractivity contribution is -0.159. The van der Waals surface area contributed by atoms with E-state index in [0.29, 0.717) is 17.5 Å². The molecule has 3 amide bonds. The number of benzene rings is 3. The van der Waals surface area contributed by atoms with Crippen molar-refractivity contribution in [3.05, 3.63) is 101 Å². The molecular formula is C42H57N3O7. The van der Waals surface area contributed by atoms with Crippen molar-refractivity contribution >= 4 is 23.9 Å². The van der Waals surface area contributed by atoms with Gasteiger partial charge in [0, 0.05) is 19.4 Å².